The summed E-state index contributed by atoms with van der Waals surface area (Å²) in [6, 6.07) is 13.1. The zero-order valence-electron chi connectivity index (χ0n) is 19.0. The maximum atomic E-state index is 12.8. The minimum atomic E-state index is -0.113. The number of methoxy groups -OCH3 is 2. The van der Waals surface area contributed by atoms with Crippen molar-refractivity contribution in [1.29, 1.82) is 0 Å². The first-order valence-electron chi connectivity index (χ1n) is 10.5. The number of benzene rings is 2. The number of carbonyl (C=O) groups is 2. The van der Waals surface area contributed by atoms with E-state index in [2.05, 4.69) is 5.32 Å². The van der Waals surface area contributed by atoms with Crippen LogP contribution in [0.2, 0.25) is 0 Å². The smallest absolute Gasteiger partial charge is 0.302 e. The molecule has 32 heavy (non-hydrogen) atoms. The molecular formula is C24H29N3O4S. The Morgan fingerprint density at radius 3 is 2.56 bits per heavy atom. The van der Waals surface area contributed by atoms with E-state index >= 15 is 0 Å². The quantitative estimate of drug-likeness (QED) is 0.595. The van der Waals surface area contributed by atoms with Gasteiger partial charge in [-0.15, -0.1) is 0 Å². The molecule has 3 rings (SSSR count). The van der Waals surface area contributed by atoms with Gasteiger partial charge in [0.05, 0.1) is 31.7 Å². The van der Waals surface area contributed by atoms with Gasteiger partial charge in [0.15, 0.2) is 11.5 Å². The van der Waals surface area contributed by atoms with Crippen LogP contribution in [0.1, 0.15) is 38.3 Å². The van der Waals surface area contributed by atoms with Gasteiger partial charge in [0.25, 0.3) is 0 Å². The third-order valence-corrected chi connectivity index (χ3v) is 6.34. The van der Waals surface area contributed by atoms with Crippen molar-refractivity contribution < 1.29 is 19.1 Å². The van der Waals surface area contributed by atoms with Crippen molar-refractivity contribution >= 4 is 34.3 Å². The molecule has 2 aromatic carbocycles. The number of carbonyl (C=O) groups excluding carboxylic acids is 2. The summed E-state index contributed by atoms with van der Waals surface area (Å²) in [4.78, 5) is 24.8. The summed E-state index contributed by atoms with van der Waals surface area (Å²) in [5, 5.41) is 8.95. The fourth-order valence-electron chi connectivity index (χ4n) is 3.30. The van der Waals surface area contributed by atoms with Gasteiger partial charge in [0.1, 0.15) is 0 Å². The van der Waals surface area contributed by atoms with Crippen molar-refractivity contribution in [3.8, 4) is 11.5 Å². The lowest BCUT2D eigenvalue weighted by Crippen LogP contribution is -2.34. The number of hydrogen-bond donors (Lipinski definition) is 1. The Morgan fingerprint density at radius 1 is 1.16 bits per heavy atom. The molecule has 2 aromatic rings. The number of nitrogens with one attached hydrogen (secondary N) is 1. The van der Waals surface area contributed by atoms with Crippen molar-refractivity contribution in [3.05, 3.63) is 53.6 Å². The fraction of sp³-hybridized carbons (Fsp3) is 0.375. The van der Waals surface area contributed by atoms with Gasteiger partial charge in [-0.05, 0) is 42.3 Å². The second-order valence-electron chi connectivity index (χ2n) is 7.74. The molecule has 8 heteroatoms. The number of ether oxygens (including phenoxy) is 2. The van der Waals surface area contributed by atoms with E-state index in [1.807, 2.05) is 63.2 Å². The Bertz CT molecular complexity index is 1020. The van der Waals surface area contributed by atoms with Gasteiger partial charge < -0.3 is 14.8 Å². The molecule has 1 aliphatic heterocycles. The highest BCUT2D eigenvalue weighted by atomic mass is 32.2. The summed E-state index contributed by atoms with van der Waals surface area (Å²) in [5.41, 5.74) is 3.29. The molecule has 0 bridgehead atoms. The molecule has 0 saturated carbocycles. The summed E-state index contributed by atoms with van der Waals surface area (Å²) in [6.07, 6.45) is 0.772. The van der Waals surface area contributed by atoms with Gasteiger partial charge in [-0.2, -0.15) is 5.10 Å². The van der Waals surface area contributed by atoms with Crippen molar-refractivity contribution in [2.24, 2.45) is 11.0 Å². The van der Waals surface area contributed by atoms with Gasteiger partial charge in [0, 0.05) is 17.2 Å². The van der Waals surface area contributed by atoms with Gasteiger partial charge >= 0.3 is 5.24 Å². The van der Waals surface area contributed by atoms with E-state index in [0.717, 1.165) is 23.3 Å². The molecule has 0 saturated heterocycles. The van der Waals surface area contributed by atoms with Gasteiger partial charge in [0.2, 0.25) is 5.91 Å². The number of rotatable bonds is 8. The molecule has 1 heterocycles. The highest BCUT2D eigenvalue weighted by Crippen LogP contribution is 2.33. The Morgan fingerprint density at radius 2 is 1.91 bits per heavy atom. The molecule has 170 valence electrons. The zero-order valence-corrected chi connectivity index (χ0v) is 19.9. The number of anilines is 1. The summed E-state index contributed by atoms with van der Waals surface area (Å²) in [7, 11) is 3.19. The van der Waals surface area contributed by atoms with E-state index in [1.54, 1.807) is 14.2 Å². The second-order valence-corrected chi connectivity index (χ2v) is 8.89. The third-order valence-electron chi connectivity index (χ3n) is 5.09. The minimum absolute atomic E-state index is 0.0477. The number of amides is 2. The van der Waals surface area contributed by atoms with E-state index in [1.165, 1.54) is 16.8 Å². The SMILES string of the molecule is CCC1SC(=O)N(Cc2cccc(NC(=O)C(C)C)c2)N=C1c1ccc(OC)c(OC)c1. The maximum Gasteiger partial charge on any atom is 0.302 e. The Kier molecular flexibility index (Phi) is 7.80. The van der Waals surface area contributed by atoms with Gasteiger partial charge in [-0.25, -0.2) is 5.01 Å². The van der Waals surface area contributed by atoms with E-state index in [9.17, 15) is 9.59 Å². The monoisotopic (exact) mass is 455 g/mol. The highest BCUT2D eigenvalue weighted by molar-refractivity contribution is 8.14. The van der Waals surface area contributed by atoms with Crippen LogP contribution in [0.5, 0.6) is 11.5 Å². The van der Waals surface area contributed by atoms with Crippen LogP contribution >= 0.6 is 11.8 Å². The van der Waals surface area contributed by atoms with Crippen molar-refractivity contribution in [1.82, 2.24) is 5.01 Å². The molecule has 7 nitrogen and oxygen atoms in total. The molecule has 0 radical (unpaired) electrons. The molecular weight excluding hydrogens is 426 g/mol. The van der Waals surface area contributed by atoms with Crippen LogP contribution < -0.4 is 14.8 Å². The Balaban J connectivity index is 1.89. The predicted octanol–water partition coefficient (Wildman–Crippen LogP) is 5.15. The van der Waals surface area contributed by atoms with Crippen LogP contribution in [-0.4, -0.2) is 41.3 Å². The van der Waals surface area contributed by atoms with Crippen molar-refractivity contribution in [3.63, 3.8) is 0 Å². The largest absolute Gasteiger partial charge is 0.493 e. The van der Waals surface area contributed by atoms with Crippen molar-refractivity contribution in [2.75, 3.05) is 19.5 Å². The molecule has 1 atom stereocenters. The molecule has 1 unspecified atom stereocenters. The lowest BCUT2D eigenvalue weighted by Gasteiger charge is -2.28. The summed E-state index contributed by atoms with van der Waals surface area (Å²) in [6.45, 7) is 6.04. The number of thioether (sulfide) groups is 1. The summed E-state index contributed by atoms with van der Waals surface area (Å²) >= 11 is 1.27. The molecule has 1 aliphatic rings. The van der Waals surface area contributed by atoms with E-state index < -0.39 is 0 Å². The van der Waals surface area contributed by atoms with Crippen LogP contribution in [0, 0.1) is 5.92 Å². The lowest BCUT2D eigenvalue weighted by atomic mass is 10.0. The van der Waals surface area contributed by atoms with Gasteiger partial charge in [-0.1, -0.05) is 44.7 Å². The molecule has 2 amide bonds. The Hall–Kier alpha value is -3.00. The minimum Gasteiger partial charge on any atom is -0.493 e. The highest BCUT2D eigenvalue weighted by Gasteiger charge is 2.30. The maximum absolute atomic E-state index is 12.8. The van der Waals surface area contributed by atoms with E-state index in [-0.39, 0.29) is 22.3 Å². The first-order chi connectivity index (χ1) is 15.4. The average molecular weight is 456 g/mol. The summed E-state index contributed by atoms with van der Waals surface area (Å²) < 4.78 is 10.8. The lowest BCUT2D eigenvalue weighted by molar-refractivity contribution is -0.118. The predicted molar refractivity (Wildman–Crippen MR) is 129 cm³/mol. The van der Waals surface area contributed by atoms with Crippen molar-refractivity contribution in [2.45, 2.75) is 39.0 Å². The van der Waals surface area contributed by atoms with Crippen LogP contribution in [0.25, 0.3) is 0 Å². The zero-order chi connectivity index (χ0) is 23.3. The van der Waals surface area contributed by atoms with Crippen LogP contribution in [0.15, 0.2) is 47.6 Å². The summed E-state index contributed by atoms with van der Waals surface area (Å²) in [5.74, 6) is 1.09. The molecule has 0 aromatic heterocycles. The van der Waals surface area contributed by atoms with Crippen LogP contribution in [-0.2, 0) is 11.3 Å². The van der Waals surface area contributed by atoms with Crippen LogP contribution in [0.3, 0.4) is 0 Å². The normalized spacial score (nSPS) is 16.1. The first kappa shape index (κ1) is 23.7. The van der Waals surface area contributed by atoms with E-state index in [0.29, 0.717) is 23.7 Å². The average Bonchev–Trinajstić information content (AvgIpc) is 2.79. The number of hydrazone groups is 1. The third kappa shape index (κ3) is 5.43. The number of nitrogens with zero attached hydrogens (tertiary/aromatic N) is 2. The Labute approximate surface area is 193 Å². The molecule has 0 aliphatic carbocycles. The molecule has 0 spiro atoms. The van der Waals surface area contributed by atoms with E-state index in [4.69, 9.17) is 14.6 Å². The molecule has 1 N–H and O–H groups in total. The standard InChI is InChI=1S/C24H29N3O4S/c1-6-21-22(17-10-11-19(30-4)20(13-17)31-5)26-27(24(29)32-21)14-16-8-7-9-18(12-16)25-23(28)15(2)3/h7-13,15,21H,6,14H2,1-5H3,(H,25,28). The topological polar surface area (TPSA) is 80.2 Å². The van der Waals surface area contributed by atoms with Gasteiger partial charge in [-0.3, -0.25) is 9.59 Å². The second kappa shape index (κ2) is 10.5. The first-order valence-corrected chi connectivity index (χ1v) is 11.4. The molecule has 0 fully saturated rings. The number of hydrogen-bond acceptors (Lipinski definition) is 6. The van der Waals surface area contributed by atoms with Crippen LogP contribution in [0.4, 0.5) is 10.5 Å². The fourth-order valence-corrected chi connectivity index (χ4v) is 4.23.